The number of halogens is 3. The first-order valence-electron chi connectivity index (χ1n) is 4.06. The molecule has 0 aliphatic carbocycles. The van der Waals surface area contributed by atoms with Crippen molar-refractivity contribution in [3.05, 3.63) is 28.2 Å². The Morgan fingerprint density at radius 1 is 1.43 bits per heavy atom. The Kier molecular flexibility index (Phi) is 3.83. The van der Waals surface area contributed by atoms with Gasteiger partial charge >= 0.3 is 0 Å². The highest BCUT2D eigenvalue weighted by atomic mass is 79.9. The second-order valence-electron chi connectivity index (χ2n) is 2.97. The topological polar surface area (TPSA) is 32.3 Å². The van der Waals surface area contributed by atoms with Gasteiger partial charge in [-0.15, -0.1) is 0 Å². The van der Waals surface area contributed by atoms with Gasteiger partial charge < -0.3 is 10.4 Å². The van der Waals surface area contributed by atoms with Crippen molar-refractivity contribution >= 4 is 21.6 Å². The smallest absolute Gasteiger partial charge is 0.149 e. The van der Waals surface area contributed by atoms with Gasteiger partial charge in [0.1, 0.15) is 11.6 Å². The Labute approximate surface area is 89.1 Å². The highest BCUT2D eigenvalue weighted by Gasteiger charge is 2.09. The van der Waals surface area contributed by atoms with E-state index in [1.807, 2.05) is 0 Å². The summed E-state index contributed by atoms with van der Waals surface area (Å²) in [5.41, 5.74) is 0.167. The summed E-state index contributed by atoms with van der Waals surface area (Å²) in [4.78, 5) is 0. The lowest BCUT2D eigenvalue weighted by molar-refractivity contribution is 0.281. The van der Waals surface area contributed by atoms with E-state index < -0.39 is 11.6 Å². The summed E-state index contributed by atoms with van der Waals surface area (Å²) in [5.74, 6) is -1.32. The molecule has 1 rings (SSSR count). The van der Waals surface area contributed by atoms with Crippen LogP contribution in [0.5, 0.6) is 0 Å². The van der Waals surface area contributed by atoms with E-state index >= 15 is 0 Å². The number of aliphatic hydroxyl groups is 1. The number of benzene rings is 1. The zero-order valence-corrected chi connectivity index (χ0v) is 9.11. The highest BCUT2D eigenvalue weighted by molar-refractivity contribution is 9.10. The number of nitrogens with one attached hydrogen (secondary N) is 1. The Morgan fingerprint density at radius 2 is 2.07 bits per heavy atom. The third-order valence-corrected chi connectivity index (χ3v) is 2.29. The van der Waals surface area contributed by atoms with E-state index in [9.17, 15) is 8.78 Å². The molecule has 0 amide bonds. The van der Waals surface area contributed by atoms with Gasteiger partial charge in [-0.2, -0.15) is 0 Å². The van der Waals surface area contributed by atoms with Gasteiger partial charge in [0.25, 0.3) is 0 Å². The van der Waals surface area contributed by atoms with Crippen molar-refractivity contribution in [1.82, 2.24) is 0 Å². The molecule has 0 spiro atoms. The molecule has 0 aromatic heterocycles. The van der Waals surface area contributed by atoms with Gasteiger partial charge in [-0.1, -0.05) is 0 Å². The Hall–Kier alpha value is -0.680. The summed E-state index contributed by atoms with van der Waals surface area (Å²) in [6, 6.07) is 1.81. The predicted octanol–water partition coefficient (Wildman–Crippen LogP) is 2.52. The molecule has 0 heterocycles. The molecule has 2 nitrogen and oxygen atoms in total. The van der Waals surface area contributed by atoms with Crippen molar-refractivity contribution in [3.8, 4) is 0 Å². The van der Waals surface area contributed by atoms with Crippen LogP contribution in [0, 0.1) is 11.6 Å². The number of hydrogen-bond acceptors (Lipinski definition) is 2. The normalized spacial score (nSPS) is 12.6. The first-order chi connectivity index (χ1) is 6.54. The Bertz CT molecular complexity index is 333. The Morgan fingerprint density at radius 3 is 2.64 bits per heavy atom. The molecule has 0 fully saturated rings. The zero-order chi connectivity index (χ0) is 10.7. The highest BCUT2D eigenvalue weighted by Crippen LogP contribution is 2.23. The van der Waals surface area contributed by atoms with Gasteiger partial charge in [0.2, 0.25) is 0 Å². The zero-order valence-electron chi connectivity index (χ0n) is 7.52. The van der Waals surface area contributed by atoms with Gasteiger partial charge in [0, 0.05) is 12.1 Å². The average Bonchev–Trinajstić information content (AvgIpc) is 2.14. The van der Waals surface area contributed by atoms with Crippen LogP contribution in [-0.4, -0.2) is 17.8 Å². The van der Waals surface area contributed by atoms with Crippen molar-refractivity contribution in [3.63, 3.8) is 0 Å². The predicted molar refractivity (Wildman–Crippen MR) is 54.2 cm³/mol. The molecule has 14 heavy (non-hydrogen) atoms. The summed E-state index contributed by atoms with van der Waals surface area (Å²) in [6.45, 7) is 1.57. The van der Waals surface area contributed by atoms with E-state index in [-0.39, 0.29) is 22.8 Å². The molecule has 0 bridgehead atoms. The summed E-state index contributed by atoms with van der Waals surface area (Å²) < 4.78 is 26.1. The molecule has 1 aromatic rings. The lowest BCUT2D eigenvalue weighted by Gasteiger charge is -2.13. The first kappa shape index (κ1) is 11.4. The van der Waals surface area contributed by atoms with Crippen LogP contribution < -0.4 is 5.32 Å². The minimum absolute atomic E-state index is 0.117. The monoisotopic (exact) mass is 265 g/mol. The van der Waals surface area contributed by atoms with Gasteiger partial charge in [-0.3, -0.25) is 0 Å². The maximum atomic E-state index is 13.1. The van der Waals surface area contributed by atoms with Crippen molar-refractivity contribution in [2.45, 2.75) is 13.0 Å². The van der Waals surface area contributed by atoms with E-state index in [2.05, 4.69) is 21.2 Å². The summed E-state index contributed by atoms with van der Waals surface area (Å²) >= 11 is 2.95. The van der Waals surface area contributed by atoms with Crippen molar-refractivity contribution < 1.29 is 13.9 Å². The molecule has 0 aliphatic rings. The number of hydrogen-bond donors (Lipinski definition) is 2. The van der Waals surface area contributed by atoms with Crippen molar-refractivity contribution in [2.75, 3.05) is 11.9 Å². The molecule has 0 saturated heterocycles. The SMILES string of the molecule is CC(CO)Nc1cc(Br)c(F)cc1F. The number of anilines is 1. The van der Waals surface area contributed by atoms with Crippen LogP contribution in [0.15, 0.2) is 16.6 Å². The fraction of sp³-hybridized carbons (Fsp3) is 0.333. The first-order valence-corrected chi connectivity index (χ1v) is 4.86. The summed E-state index contributed by atoms with van der Waals surface area (Å²) in [5, 5.41) is 11.4. The molecular formula is C9H10BrF2NO. The number of aliphatic hydroxyl groups excluding tert-OH is 1. The van der Waals surface area contributed by atoms with Crippen molar-refractivity contribution in [2.24, 2.45) is 0 Å². The molecular weight excluding hydrogens is 256 g/mol. The molecule has 0 aliphatic heterocycles. The van der Waals surface area contributed by atoms with E-state index in [1.165, 1.54) is 6.07 Å². The van der Waals surface area contributed by atoms with Crippen LogP contribution in [0.1, 0.15) is 6.92 Å². The van der Waals surface area contributed by atoms with E-state index in [1.54, 1.807) is 6.92 Å². The molecule has 1 aromatic carbocycles. The largest absolute Gasteiger partial charge is 0.394 e. The van der Waals surface area contributed by atoms with Crippen molar-refractivity contribution in [1.29, 1.82) is 0 Å². The molecule has 0 saturated carbocycles. The van der Waals surface area contributed by atoms with Crippen LogP contribution in [0.2, 0.25) is 0 Å². The summed E-state index contributed by atoms with van der Waals surface area (Å²) in [7, 11) is 0. The molecule has 1 unspecified atom stereocenters. The van der Waals surface area contributed by atoms with Crippen LogP contribution in [0.4, 0.5) is 14.5 Å². The van der Waals surface area contributed by atoms with E-state index in [0.717, 1.165) is 6.07 Å². The lowest BCUT2D eigenvalue weighted by atomic mass is 10.2. The fourth-order valence-corrected chi connectivity index (χ4v) is 1.29. The summed E-state index contributed by atoms with van der Waals surface area (Å²) in [6.07, 6.45) is 0. The molecule has 1 atom stereocenters. The van der Waals surface area contributed by atoms with Gasteiger partial charge in [-0.25, -0.2) is 8.78 Å². The third-order valence-electron chi connectivity index (χ3n) is 1.69. The molecule has 0 radical (unpaired) electrons. The number of rotatable bonds is 3. The van der Waals surface area contributed by atoms with Crippen LogP contribution in [0.3, 0.4) is 0 Å². The van der Waals surface area contributed by atoms with E-state index in [0.29, 0.717) is 0 Å². The van der Waals surface area contributed by atoms with Crippen LogP contribution in [0.25, 0.3) is 0 Å². The van der Waals surface area contributed by atoms with Gasteiger partial charge in [0.05, 0.1) is 16.8 Å². The minimum Gasteiger partial charge on any atom is -0.394 e. The molecule has 2 N–H and O–H groups in total. The van der Waals surface area contributed by atoms with Crippen LogP contribution >= 0.6 is 15.9 Å². The maximum Gasteiger partial charge on any atom is 0.149 e. The molecule has 5 heteroatoms. The average molecular weight is 266 g/mol. The second kappa shape index (κ2) is 4.70. The third kappa shape index (κ3) is 2.65. The standard InChI is InChI=1S/C9H10BrF2NO/c1-5(4-14)13-9-2-6(10)7(11)3-8(9)12/h2-3,5,13-14H,4H2,1H3. The second-order valence-corrected chi connectivity index (χ2v) is 3.83. The van der Waals surface area contributed by atoms with E-state index in [4.69, 9.17) is 5.11 Å². The van der Waals surface area contributed by atoms with Crippen LogP contribution in [-0.2, 0) is 0 Å². The quantitative estimate of drug-likeness (QED) is 0.824. The minimum atomic E-state index is -0.675. The van der Waals surface area contributed by atoms with Gasteiger partial charge in [0.15, 0.2) is 0 Å². The molecule has 78 valence electrons. The van der Waals surface area contributed by atoms with Gasteiger partial charge in [-0.05, 0) is 28.9 Å². The maximum absolute atomic E-state index is 13.1. The Balaban J connectivity index is 2.92. The fourth-order valence-electron chi connectivity index (χ4n) is 0.944. The lowest BCUT2D eigenvalue weighted by Crippen LogP contribution is -2.20.